The lowest BCUT2D eigenvalue weighted by molar-refractivity contribution is -0.126. The van der Waals surface area contributed by atoms with Crippen LogP contribution >= 0.6 is 11.3 Å². The summed E-state index contributed by atoms with van der Waals surface area (Å²) in [7, 11) is 0. The topological polar surface area (TPSA) is 49.0 Å². The first-order chi connectivity index (χ1) is 21.6. The summed E-state index contributed by atoms with van der Waals surface area (Å²) >= 11 is 1.20. The van der Waals surface area contributed by atoms with Crippen LogP contribution in [0, 0.1) is 17.7 Å². The highest BCUT2D eigenvalue weighted by Crippen LogP contribution is 2.40. The number of fused-ring (bicyclic) bond motifs is 1. The number of rotatable bonds is 9. The summed E-state index contributed by atoms with van der Waals surface area (Å²) in [4.78, 5) is 4.48. The average Bonchev–Trinajstić information content (AvgIpc) is 3.80. The summed E-state index contributed by atoms with van der Waals surface area (Å²) in [6, 6.07) is 8.55. The minimum absolute atomic E-state index is 0.0369. The van der Waals surface area contributed by atoms with Crippen LogP contribution in [0.4, 0.5) is 43.4 Å². The van der Waals surface area contributed by atoms with E-state index in [0.29, 0.717) is 42.4 Å². The Morgan fingerprint density at radius 1 is 1.02 bits per heavy atom. The summed E-state index contributed by atoms with van der Waals surface area (Å²) in [5.74, 6) is 4.77. The van der Waals surface area contributed by atoms with Crippen LogP contribution in [0.2, 0.25) is 0 Å². The molecule has 6 rings (SSSR count). The third-order valence-electron chi connectivity index (χ3n) is 8.33. The Hall–Kier alpha value is -3.34. The van der Waals surface area contributed by atoms with Crippen molar-refractivity contribution in [3.05, 3.63) is 46.6 Å². The number of morpholine rings is 1. The van der Waals surface area contributed by atoms with E-state index in [2.05, 4.69) is 32.1 Å². The molecule has 0 bridgehead atoms. The number of alkyl halides is 5. The average molecular weight is 653 g/mol. The van der Waals surface area contributed by atoms with E-state index in [-0.39, 0.29) is 40.2 Å². The zero-order chi connectivity index (χ0) is 31.6. The highest BCUT2D eigenvalue weighted by molar-refractivity contribution is 7.20. The van der Waals surface area contributed by atoms with Gasteiger partial charge in [0.05, 0.1) is 52.8 Å². The number of nitrogens with zero attached hydrogens (tertiary/aromatic N) is 2. The largest absolute Gasteiger partial charge is 0.433 e. The molecule has 1 saturated carbocycles. The highest BCUT2D eigenvalue weighted by atomic mass is 32.1. The normalized spacial score (nSPS) is 18.2. The fourth-order valence-electron chi connectivity index (χ4n) is 6.01. The van der Waals surface area contributed by atoms with Gasteiger partial charge in [-0.25, -0.2) is 4.39 Å². The Kier molecular flexibility index (Phi) is 9.54. The van der Waals surface area contributed by atoms with Gasteiger partial charge in [0.25, 0.3) is 0 Å². The summed E-state index contributed by atoms with van der Waals surface area (Å²) in [5.41, 5.74) is 0.974. The highest BCUT2D eigenvalue weighted by Gasteiger charge is 2.33. The molecule has 0 atom stereocenters. The summed E-state index contributed by atoms with van der Waals surface area (Å²) in [5, 5.41) is 6.87. The summed E-state index contributed by atoms with van der Waals surface area (Å²) < 4.78 is 93.1. The van der Waals surface area contributed by atoms with Gasteiger partial charge in [0.2, 0.25) is 0 Å². The predicted octanol–water partition coefficient (Wildman–Crippen LogP) is 7.09. The second kappa shape index (κ2) is 13.6. The number of likely N-dealkylation sites (tertiary alicyclic amines) is 1. The predicted molar refractivity (Wildman–Crippen MR) is 164 cm³/mol. The van der Waals surface area contributed by atoms with Gasteiger partial charge in [-0.15, -0.1) is 11.3 Å². The van der Waals surface area contributed by atoms with Crippen LogP contribution in [0.15, 0.2) is 30.3 Å². The van der Waals surface area contributed by atoms with E-state index in [4.69, 9.17) is 4.74 Å². The van der Waals surface area contributed by atoms with Gasteiger partial charge in [-0.3, -0.25) is 0 Å². The Bertz CT molecular complexity index is 1550. The van der Waals surface area contributed by atoms with Gasteiger partial charge in [-0.1, -0.05) is 24.0 Å². The van der Waals surface area contributed by atoms with Crippen molar-refractivity contribution in [2.75, 3.05) is 61.5 Å². The zero-order valence-corrected chi connectivity index (χ0v) is 25.3. The van der Waals surface area contributed by atoms with Crippen LogP contribution in [0.1, 0.15) is 36.1 Å². The minimum atomic E-state index is -4.44. The summed E-state index contributed by atoms with van der Waals surface area (Å²) in [6.45, 7) is 0.296. The van der Waals surface area contributed by atoms with E-state index in [1.54, 1.807) is 17.0 Å². The van der Waals surface area contributed by atoms with Crippen LogP contribution in [0.5, 0.6) is 5.75 Å². The molecule has 0 spiro atoms. The smallest absolute Gasteiger partial charge is 0.393 e. The molecule has 0 amide bonds. The van der Waals surface area contributed by atoms with Crippen molar-refractivity contribution < 1.29 is 35.8 Å². The van der Waals surface area contributed by atoms with E-state index in [0.717, 1.165) is 37.7 Å². The molecule has 45 heavy (non-hydrogen) atoms. The molecule has 242 valence electrons. The fraction of sp³-hybridized carbons (Fsp3) is 0.500. The van der Waals surface area contributed by atoms with Crippen molar-refractivity contribution in [3.8, 4) is 17.6 Å². The summed E-state index contributed by atoms with van der Waals surface area (Å²) in [6.07, 6.45) is -1.11. The van der Waals surface area contributed by atoms with Crippen molar-refractivity contribution in [2.45, 2.75) is 57.0 Å². The monoisotopic (exact) mass is 652 g/mol. The number of anilines is 3. The second-order valence-corrected chi connectivity index (χ2v) is 12.5. The van der Waals surface area contributed by atoms with E-state index >= 15 is 4.39 Å². The molecule has 2 aliphatic heterocycles. The molecule has 3 aliphatic rings. The molecule has 3 aromatic rings. The molecule has 13 heteroatoms. The number of ether oxygens (including phenoxy) is 2. The van der Waals surface area contributed by atoms with Gasteiger partial charge in [0, 0.05) is 50.4 Å². The van der Waals surface area contributed by atoms with E-state index in [1.165, 1.54) is 30.2 Å². The first-order valence-corrected chi connectivity index (χ1v) is 15.9. The number of halogens is 6. The van der Waals surface area contributed by atoms with Crippen molar-refractivity contribution in [3.63, 3.8) is 0 Å². The third-order valence-corrected chi connectivity index (χ3v) is 9.53. The van der Waals surface area contributed by atoms with Gasteiger partial charge >= 0.3 is 12.8 Å². The first kappa shape index (κ1) is 31.6. The molecule has 2 saturated heterocycles. The Morgan fingerprint density at radius 3 is 2.47 bits per heavy atom. The van der Waals surface area contributed by atoms with E-state index < -0.39 is 25.0 Å². The lowest BCUT2D eigenvalue weighted by Crippen LogP contribution is -2.40. The van der Waals surface area contributed by atoms with Gasteiger partial charge in [0.15, 0.2) is 5.75 Å². The number of hydrogen-bond acceptors (Lipinski definition) is 7. The second-order valence-electron chi connectivity index (χ2n) is 11.5. The lowest BCUT2D eigenvalue weighted by Gasteiger charge is -2.33. The Morgan fingerprint density at radius 2 is 1.78 bits per heavy atom. The standard InChI is InChI=1S/C32H34F6N4O2S/c33-24-17-26(28(44-31(34)35)18-27(24)42-13-15-43-16-14-42)39-10-2-5-29-23(19-32(36,37)38)22-3-1-4-25(30(22)45-29)40-20-8-11-41(12-9-20)21-6-7-21/h1,3-4,17-18,20-21,31,39-40H,6-16,19H2. The minimum Gasteiger partial charge on any atom is -0.433 e. The van der Waals surface area contributed by atoms with Crippen molar-refractivity contribution in [2.24, 2.45) is 0 Å². The maximum atomic E-state index is 15.0. The zero-order valence-electron chi connectivity index (χ0n) is 24.5. The van der Waals surface area contributed by atoms with Crippen molar-refractivity contribution >= 4 is 38.5 Å². The first-order valence-electron chi connectivity index (χ1n) is 15.1. The molecule has 3 fully saturated rings. The molecule has 2 N–H and O–H groups in total. The molecule has 0 radical (unpaired) electrons. The van der Waals surface area contributed by atoms with Crippen LogP contribution < -0.4 is 20.3 Å². The number of thiophene rings is 1. The van der Waals surface area contributed by atoms with Crippen molar-refractivity contribution in [1.82, 2.24) is 4.90 Å². The Balaban J connectivity index is 1.21. The van der Waals surface area contributed by atoms with Crippen LogP contribution in [-0.2, 0) is 11.2 Å². The van der Waals surface area contributed by atoms with Crippen LogP contribution in [0.25, 0.3) is 10.1 Å². The molecular formula is C32H34F6N4O2S. The van der Waals surface area contributed by atoms with Gasteiger partial charge in [-0.2, -0.15) is 22.0 Å². The molecule has 3 heterocycles. The molecule has 6 nitrogen and oxygen atoms in total. The fourth-order valence-corrected chi connectivity index (χ4v) is 7.19. The van der Waals surface area contributed by atoms with Gasteiger partial charge < -0.3 is 29.9 Å². The maximum Gasteiger partial charge on any atom is 0.393 e. The maximum absolute atomic E-state index is 15.0. The van der Waals surface area contributed by atoms with Crippen molar-refractivity contribution in [1.29, 1.82) is 0 Å². The van der Waals surface area contributed by atoms with E-state index in [9.17, 15) is 22.0 Å². The quantitative estimate of drug-likeness (QED) is 0.190. The number of benzene rings is 2. The molecule has 1 aliphatic carbocycles. The SMILES string of the molecule is Fc1cc(NCC#Cc2sc3c(NC4CCN(C5CC5)CC4)cccc3c2CC(F)(F)F)c(OC(F)F)cc1N1CCOCC1. The van der Waals surface area contributed by atoms with Crippen LogP contribution in [0.3, 0.4) is 0 Å². The molecule has 1 aromatic heterocycles. The lowest BCUT2D eigenvalue weighted by atomic mass is 10.0. The van der Waals surface area contributed by atoms with E-state index in [1.807, 2.05) is 6.07 Å². The number of piperidine rings is 1. The van der Waals surface area contributed by atoms with Gasteiger partial charge in [-0.05, 0) is 42.7 Å². The molecule has 2 aromatic carbocycles. The Labute approximate surface area is 261 Å². The molecular weight excluding hydrogens is 618 g/mol. The molecule has 0 unspecified atom stereocenters. The number of nitrogens with one attached hydrogen (secondary N) is 2. The van der Waals surface area contributed by atoms with Crippen LogP contribution in [-0.4, -0.2) is 75.7 Å². The number of hydrogen-bond donors (Lipinski definition) is 2. The third kappa shape index (κ3) is 7.91. The van der Waals surface area contributed by atoms with Gasteiger partial charge in [0.1, 0.15) is 5.82 Å².